The van der Waals surface area contributed by atoms with Crippen molar-refractivity contribution < 1.29 is 4.79 Å². The van der Waals surface area contributed by atoms with Gasteiger partial charge in [0.1, 0.15) is 0 Å². The van der Waals surface area contributed by atoms with Crippen LogP contribution < -0.4 is 5.32 Å². The number of benzene rings is 1. The lowest BCUT2D eigenvalue weighted by atomic mass is 10.1. The quantitative estimate of drug-likeness (QED) is 0.865. The average Bonchev–Trinajstić information content (AvgIpc) is 2.84. The van der Waals surface area contributed by atoms with Crippen LogP contribution in [0, 0.1) is 13.8 Å². The van der Waals surface area contributed by atoms with Gasteiger partial charge in [-0.1, -0.05) is 29.5 Å². The molecule has 0 saturated heterocycles. The molecule has 1 aromatic carbocycles. The second-order valence-corrected chi connectivity index (χ2v) is 8.18. The van der Waals surface area contributed by atoms with Gasteiger partial charge in [-0.05, 0) is 53.2 Å². The summed E-state index contributed by atoms with van der Waals surface area (Å²) in [7, 11) is 0. The van der Waals surface area contributed by atoms with E-state index in [2.05, 4.69) is 42.3 Å². The van der Waals surface area contributed by atoms with Crippen LogP contribution in [0.5, 0.6) is 0 Å². The third kappa shape index (κ3) is 4.61. The highest BCUT2D eigenvalue weighted by molar-refractivity contribution is 8.00. The fourth-order valence-corrected chi connectivity index (χ4v) is 3.20. The predicted octanol–water partition coefficient (Wildman–Crippen LogP) is 3.88. The maximum Gasteiger partial charge on any atom is 0.233 e. The topological polar surface area (TPSA) is 46.9 Å². The van der Waals surface area contributed by atoms with E-state index >= 15 is 0 Å². The van der Waals surface area contributed by atoms with E-state index in [1.54, 1.807) is 6.20 Å². The molecule has 0 saturated carbocycles. The van der Waals surface area contributed by atoms with E-state index in [0.29, 0.717) is 0 Å². The van der Waals surface area contributed by atoms with Crippen molar-refractivity contribution in [3.8, 4) is 5.69 Å². The highest BCUT2D eigenvalue weighted by Crippen LogP contribution is 2.26. The molecular formula is C18H25N3OS. The minimum atomic E-state index is -0.227. The molecule has 1 unspecified atom stereocenters. The summed E-state index contributed by atoms with van der Waals surface area (Å²) < 4.78 is 2.04. The zero-order valence-electron chi connectivity index (χ0n) is 14.7. The van der Waals surface area contributed by atoms with Crippen LogP contribution >= 0.6 is 11.8 Å². The van der Waals surface area contributed by atoms with E-state index < -0.39 is 0 Å². The Morgan fingerprint density at radius 2 is 2.00 bits per heavy atom. The summed E-state index contributed by atoms with van der Waals surface area (Å²) in [6, 6.07) is 6.34. The Hall–Kier alpha value is -1.75. The van der Waals surface area contributed by atoms with Gasteiger partial charge in [0.05, 0.1) is 10.9 Å². The fourth-order valence-electron chi connectivity index (χ4n) is 2.32. The first kappa shape index (κ1) is 17.6. The van der Waals surface area contributed by atoms with Crippen LogP contribution in [-0.2, 0) is 4.79 Å². The summed E-state index contributed by atoms with van der Waals surface area (Å²) in [5.41, 5.74) is 3.30. The van der Waals surface area contributed by atoms with Gasteiger partial charge in [0.2, 0.25) is 5.91 Å². The molecule has 0 radical (unpaired) electrons. The summed E-state index contributed by atoms with van der Waals surface area (Å²) in [5.74, 6) is 0.0256. The number of hydrogen-bond acceptors (Lipinski definition) is 3. The molecule has 1 heterocycles. The maximum atomic E-state index is 12.3. The predicted molar refractivity (Wildman–Crippen MR) is 96.3 cm³/mol. The third-order valence-electron chi connectivity index (χ3n) is 3.37. The molecule has 2 rings (SSSR count). The van der Waals surface area contributed by atoms with Gasteiger partial charge >= 0.3 is 0 Å². The Morgan fingerprint density at radius 3 is 2.61 bits per heavy atom. The number of aromatic nitrogens is 2. The molecule has 23 heavy (non-hydrogen) atoms. The van der Waals surface area contributed by atoms with Crippen LogP contribution in [-0.4, -0.2) is 26.2 Å². The van der Waals surface area contributed by atoms with Gasteiger partial charge in [0, 0.05) is 17.9 Å². The number of carbonyl (C=O) groups is 1. The van der Waals surface area contributed by atoms with Crippen molar-refractivity contribution in [2.75, 3.05) is 0 Å². The van der Waals surface area contributed by atoms with Crippen molar-refractivity contribution in [3.05, 3.63) is 41.7 Å². The number of rotatable bonds is 4. The number of nitrogens with zero attached hydrogens (tertiary/aromatic N) is 2. The Balaban J connectivity index is 2.20. The van der Waals surface area contributed by atoms with Gasteiger partial charge in [-0.25, -0.2) is 4.98 Å². The molecule has 1 amide bonds. The highest BCUT2D eigenvalue weighted by Gasteiger charge is 2.22. The van der Waals surface area contributed by atoms with Gasteiger partial charge in [0.25, 0.3) is 0 Å². The monoisotopic (exact) mass is 331 g/mol. The van der Waals surface area contributed by atoms with Crippen LogP contribution in [0.3, 0.4) is 0 Å². The molecule has 4 nitrogen and oxygen atoms in total. The third-order valence-corrected chi connectivity index (χ3v) is 4.45. The molecule has 0 aliphatic carbocycles. The molecule has 0 aliphatic rings. The van der Waals surface area contributed by atoms with Gasteiger partial charge < -0.3 is 5.32 Å². The molecule has 1 aromatic heterocycles. The average molecular weight is 331 g/mol. The lowest BCUT2D eigenvalue weighted by molar-refractivity contribution is -0.121. The number of thioether (sulfide) groups is 1. The van der Waals surface area contributed by atoms with Crippen molar-refractivity contribution in [1.82, 2.24) is 14.9 Å². The molecule has 0 bridgehead atoms. The van der Waals surface area contributed by atoms with Gasteiger partial charge in [0.15, 0.2) is 5.16 Å². The lowest BCUT2D eigenvalue weighted by Crippen LogP contribution is -2.44. The van der Waals surface area contributed by atoms with E-state index in [9.17, 15) is 4.79 Å². The zero-order chi connectivity index (χ0) is 17.2. The lowest BCUT2D eigenvalue weighted by Gasteiger charge is -2.23. The zero-order valence-corrected chi connectivity index (χ0v) is 15.5. The minimum absolute atomic E-state index is 0.0256. The standard InChI is InChI=1S/C18H25N3OS/c1-12-7-8-15(13(2)11-12)21-10-9-19-17(21)23-14(3)16(22)20-18(4,5)6/h7-11,14H,1-6H3,(H,20,22). The van der Waals surface area contributed by atoms with Crippen molar-refractivity contribution in [1.29, 1.82) is 0 Å². The SMILES string of the molecule is Cc1ccc(-n2ccnc2SC(C)C(=O)NC(C)(C)C)c(C)c1. The Morgan fingerprint density at radius 1 is 1.30 bits per heavy atom. The molecule has 1 atom stereocenters. The summed E-state index contributed by atoms with van der Waals surface area (Å²) in [6.07, 6.45) is 3.71. The molecule has 0 aliphatic heterocycles. The van der Waals surface area contributed by atoms with E-state index in [4.69, 9.17) is 0 Å². The first-order valence-corrected chi connectivity index (χ1v) is 8.65. The second-order valence-electron chi connectivity index (χ2n) is 6.87. The normalized spacial score (nSPS) is 13.0. The van der Waals surface area contributed by atoms with Gasteiger partial charge in [-0.2, -0.15) is 0 Å². The molecule has 1 N–H and O–H groups in total. The molecule has 5 heteroatoms. The summed E-state index contributed by atoms with van der Waals surface area (Å²) >= 11 is 1.47. The first-order valence-electron chi connectivity index (χ1n) is 7.77. The highest BCUT2D eigenvalue weighted by atomic mass is 32.2. The van der Waals surface area contributed by atoms with Gasteiger partial charge in [-0.3, -0.25) is 9.36 Å². The van der Waals surface area contributed by atoms with Crippen LogP contribution in [0.2, 0.25) is 0 Å². The van der Waals surface area contributed by atoms with Crippen LogP contribution in [0.15, 0.2) is 35.7 Å². The maximum absolute atomic E-state index is 12.3. The Labute approximate surface area is 142 Å². The summed E-state index contributed by atoms with van der Waals surface area (Å²) in [4.78, 5) is 16.7. The molecule has 124 valence electrons. The van der Waals surface area contributed by atoms with Crippen molar-refractivity contribution >= 4 is 17.7 Å². The van der Waals surface area contributed by atoms with Crippen molar-refractivity contribution in [3.63, 3.8) is 0 Å². The molecular weight excluding hydrogens is 306 g/mol. The minimum Gasteiger partial charge on any atom is -0.351 e. The number of imidazole rings is 1. The largest absolute Gasteiger partial charge is 0.351 e. The van der Waals surface area contributed by atoms with E-state index in [0.717, 1.165) is 10.8 Å². The molecule has 0 fully saturated rings. The first-order chi connectivity index (χ1) is 10.7. The number of aryl methyl sites for hydroxylation is 2. The van der Waals surface area contributed by atoms with Gasteiger partial charge in [-0.15, -0.1) is 0 Å². The number of carbonyl (C=O) groups excluding carboxylic acids is 1. The fraction of sp³-hybridized carbons (Fsp3) is 0.444. The van der Waals surface area contributed by atoms with Crippen molar-refractivity contribution in [2.45, 2.75) is 57.5 Å². The number of amides is 1. The van der Waals surface area contributed by atoms with Crippen molar-refractivity contribution in [2.24, 2.45) is 0 Å². The molecule has 2 aromatic rings. The number of hydrogen-bond donors (Lipinski definition) is 1. The Kier molecular flexibility index (Phi) is 5.19. The van der Waals surface area contributed by atoms with E-state index in [1.165, 1.54) is 22.9 Å². The number of nitrogens with one attached hydrogen (secondary N) is 1. The van der Waals surface area contributed by atoms with E-state index in [1.807, 2.05) is 38.5 Å². The smallest absolute Gasteiger partial charge is 0.233 e. The summed E-state index contributed by atoms with van der Waals surface area (Å²) in [5, 5.41) is 3.63. The second kappa shape index (κ2) is 6.79. The van der Waals surface area contributed by atoms with Crippen LogP contribution in [0.4, 0.5) is 0 Å². The van der Waals surface area contributed by atoms with Crippen LogP contribution in [0.1, 0.15) is 38.8 Å². The molecule has 0 spiro atoms. The van der Waals surface area contributed by atoms with Crippen LogP contribution in [0.25, 0.3) is 5.69 Å². The Bertz CT molecular complexity index is 701. The summed E-state index contributed by atoms with van der Waals surface area (Å²) in [6.45, 7) is 12.0. The van der Waals surface area contributed by atoms with E-state index in [-0.39, 0.29) is 16.7 Å².